The molecule has 17 heavy (non-hydrogen) atoms. The molecule has 1 atom stereocenters. The Morgan fingerprint density at radius 3 is 2.82 bits per heavy atom. The normalized spacial score (nSPS) is 18.5. The lowest BCUT2D eigenvalue weighted by Gasteiger charge is -2.26. The molecule has 90 valence electrons. The maximum atomic E-state index is 9.22. The van der Waals surface area contributed by atoms with Crippen molar-refractivity contribution in [2.24, 2.45) is 5.92 Å². The van der Waals surface area contributed by atoms with E-state index in [1.54, 1.807) is 6.20 Å². The zero-order chi connectivity index (χ0) is 11.9. The van der Waals surface area contributed by atoms with Crippen LogP contribution in [0.2, 0.25) is 0 Å². The highest BCUT2D eigenvalue weighted by molar-refractivity contribution is 5.05. The molecule has 1 aromatic heterocycles. The molecule has 1 aliphatic rings. The van der Waals surface area contributed by atoms with E-state index in [1.807, 2.05) is 18.2 Å². The molecule has 1 heterocycles. The van der Waals surface area contributed by atoms with Crippen molar-refractivity contribution in [2.45, 2.75) is 44.7 Å². The standard InChI is InChI=1S/C14H19N3/c15-10-14(12-6-2-1-3-7-12)17-11-13-8-4-5-9-16-13/h4-5,8-9,12,14,17H,1-3,6-7,11H2. The number of nitrogens with one attached hydrogen (secondary N) is 1. The van der Waals surface area contributed by atoms with Gasteiger partial charge in [-0.2, -0.15) is 5.26 Å². The average Bonchev–Trinajstić information content (AvgIpc) is 2.42. The summed E-state index contributed by atoms with van der Waals surface area (Å²) in [5.41, 5.74) is 1.00. The molecule has 1 aliphatic carbocycles. The molecule has 1 N–H and O–H groups in total. The van der Waals surface area contributed by atoms with Gasteiger partial charge in [-0.05, 0) is 30.9 Å². The average molecular weight is 229 g/mol. The first kappa shape index (κ1) is 12.1. The van der Waals surface area contributed by atoms with Gasteiger partial charge in [-0.15, -0.1) is 0 Å². The quantitative estimate of drug-likeness (QED) is 0.863. The van der Waals surface area contributed by atoms with Gasteiger partial charge in [0.1, 0.15) is 0 Å². The summed E-state index contributed by atoms with van der Waals surface area (Å²) < 4.78 is 0. The van der Waals surface area contributed by atoms with Crippen LogP contribution in [0.1, 0.15) is 37.8 Å². The zero-order valence-electron chi connectivity index (χ0n) is 10.1. The summed E-state index contributed by atoms with van der Waals surface area (Å²) in [6, 6.07) is 8.26. The number of hydrogen-bond donors (Lipinski definition) is 1. The van der Waals surface area contributed by atoms with Crippen LogP contribution >= 0.6 is 0 Å². The summed E-state index contributed by atoms with van der Waals surface area (Å²) in [6.45, 7) is 0.690. The molecule has 1 unspecified atom stereocenters. The number of nitriles is 1. The minimum absolute atomic E-state index is 0.0164. The van der Waals surface area contributed by atoms with Crippen molar-refractivity contribution in [1.29, 1.82) is 5.26 Å². The second-order valence-corrected chi connectivity index (χ2v) is 4.71. The molecule has 3 nitrogen and oxygen atoms in total. The summed E-state index contributed by atoms with van der Waals surface area (Å²) >= 11 is 0. The van der Waals surface area contributed by atoms with Crippen molar-refractivity contribution in [2.75, 3.05) is 0 Å². The smallest absolute Gasteiger partial charge is 0.0984 e. The van der Waals surface area contributed by atoms with Gasteiger partial charge in [-0.25, -0.2) is 0 Å². The fraction of sp³-hybridized carbons (Fsp3) is 0.571. The first-order chi connectivity index (χ1) is 8.40. The van der Waals surface area contributed by atoms with Gasteiger partial charge in [0, 0.05) is 12.7 Å². The Bertz CT molecular complexity index is 363. The minimum Gasteiger partial charge on any atom is -0.296 e. The molecule has 0 amide bonds. The summed E-state index contributed by atoms with van der Waals surface area (Å²) in [6.07, 6.45) is 8.04. The number of nitrogens with zero attached hydrogens (tertiary/aromatic N) is 2. The van der Waals surface area contributed by atoms with Crippen molar-refractivity contribution >= 4 is 0 Å². The molecular weight excluding hydrogens is 210 g/mol. The fourth-order valence-corrected chi connectivity index (χ4v) is 2.50. The minimum atomic E-state index is -0.0164. The number of rotatable bonds is 4. The second kappa shape index (κ2) is 6.36. The molecule has 3 heteroatoms. The van der Waals surface area contributed by atoms with Gasteiger partial charge < -0.3 is 0 Å². The lowest BCUT2D eigenvalue weighted by Crippen LogP contribution is -2.35. The summed E-state index contributed by atoms with van der Waals surface area (Å²) in [5, 5.41) is 12.6. The fourth-order valence-electron chi connectivity index (χ4n) is 2.50. The van der Waals surface area contributed by atoms with Crippen LogP contribution in [0.25, 0.3) is 0 Å². The molecule has 1 saturated carbocycles. The molecule has 1 aromatic rings. The van der Waals surface area contributed by atoms with E-state index in [1.165, 1.54) is 32.1 Å². The Kier molecular flexibility index (Phi) is 4.52. The topological polar surface area (TPSA) is 48.7 Å². The Hall–Kier alpha value is -1.40. The predicted octanol–water partition coefficient (Wildman–Crippen LogP) is 2.64. The van der Waals surface area contributed by atoms with Crippen molar-refractivity contribution < 1.29 is 0 Å². The van der Waals surface area contributed by atoms with E-state index in [0.29, 0.717) is 12.5 Å². The van der Waals surface area contributed by atoms with Gasteiger partial charge in [0.25, 0.3) is 0 Å². The molecule has 1 fully saturated rings. The molecule has 0 radical (unpaired) electrons. The Morgan fingerprint density at radius 2 is 2.18 bits per heavy atom. The lowest BCUT2D eigenvalue weighted by molar-refractivity contribution is 0.303. The van der Waals surface area contributed by atoms with Crippen LogP contribution in [-0.4, -0.2) is 11.0 Å². The van der Waals surface area contributed by atoms with Crippen LogP contribution < -0.4 is 5.32 Å². The maximum absolute atomic E-state index is 9.22. The maximum Gasteiger partial charge on any atom is 0.0984 e. The lowest BCUT2D eigenvalue weighted by atomic mass is 9.84. The zero-order valence-corrected chi connectivity index (χ0v) is 10.1. The van der Waals surface area contributed by atoms with Gasteiger partial charge in [0.2, 0.25) is 0 Å². The van der Waals surface area contributed by atoms with Crippen molar-refractivity contribution in [3.8, 4) is 6.07 Å². The van der Waals surface area contributed by atoms with Crippen LogP contribution in [-0.2, 0) is 6.54 Å². The SMILES string of the molecule is N#CC(NCc1ccccn1)C1CCCCC1. The van der Waals surface area contributed by atoms with Gasteiger partial charge in [0.15, 0.2) is 0 Å². The van der Waals surface area contributed by atoms with E-state index in [2.05, 4.69) is 16.4 Å². The molecule has 2 rings (SSSR count). The largest absolute Gasteiger partial charge is 0.296 e. The van der Waals surface area contributed by atoms with Gasteiger partial charge in [0.05, 0.1) is 17.8 Å². The highest BCUT2D eigenvalue weighted by Gasteiger charge is 2.22. The summed E-state index contributed by atoms with van der Waals surface area (Å²) in [7, 11) is 0. The first-order valence-electron chi connectivity index (χ1n) is 6.43. The third-order valence-corrected chi connectivity index (χ3v) is 3.49. The monoisotopic (exact) mass is 229 g/mol. The summed E-state index contributed by atoms with van der Waals surface area (Å²) in [5.74, 6) is 0.525. The van der Waals surface area contributed by atoms with E-state index in [4.69, 9.17) is 0 Å². The van der Waals surface area contributed by atoms with E-state index in [0.717, 1.165) is 5.69 Å². The Balaban J connectivity index is 1.85. The highest BCUT2D eigenvalue weighted by Crippen LogP contribution is 2.26. The van der Waals surface area contributed by atoms with Gasteiger partial charge in [-0.3, -0.25) is 10.3 Å². The van der Waals surface area contributed by atoms with Crippen molar-refractivity contribution in [3.05, 3.63) is 30.1 Å². The first-order valence-corrected chi connectivity index (χ1v) is 6.43. The van der Waals surface area contributed by atoms with Crippen molar-refractivity contribution in [1.82, 2.24) is 10.3 Å². The number of aromatic nitrogens is 1. The Labute approximate surface area is 103 Å². The van der Waals surface area contributed by atoms with E-state index < -0.39 is 0 Å². The highest BCUT2D eigenvalue weighted by atomic mass is 14.9. The molecule has 0 aromatic carbocycles. The number of hydrogen-bond acceptors (Lipinski definition) is 3. The van der Waals surface area contributed by atoms with Gasteiger partial charge >= 0.3 is 0 Å². The number of pyridine rings is 1. The van der Waals surface area contributed by atoms with E-state index >= 15 is 0 Å². The predicted molar refractivity (Wildman–Crippen MR) is 67.1 cm³/mol. The third-order valence-electron chi connectivity index (χ3n) is 3.49. The van der Waals surface area contributed by atoms with E-state index in [-0.39, 0.29) is 6.04 Å². The van der Waals surface area contributed by atoms with Gasteiger partial charge in [-0.1, -0.05) is 25.3 Å². The molecule has 0 bridgehead atoms. The summed E-state index contributed by atoms with van der Waals surface area (Å²) in [4.78, 5) is 4.26. The third kappa shape index (κ3) is 3.54. The van der Waals surface area contributed by atoms with Crippen LogP contribution in [0.5, 0.6) is 0 Å². The molecule has 0 saturated heterocycles. The molecule has 0 aliphatic heterocycles. The second-order valence-electron chi connectivity index (χ2n) is 4.71. The van der Waals surface area contributed by atoms with E-state index in [9.17, 15) is 5.26 Å². The van der Waals surface area contributed by atoms with Crippen LogP contribution in [0, 0.1) is 17.2 Å². The van der Waals surface area contributed by atoms with Crippen LogP contribution in [0.15, 0.2) is 24.4 Å². The Morgan fingerprint density at radius 1 is 1.35 bits per heavy atom. The van der Waals surface area contributed by atoms with Crippen LogP contribution in [0.3, 0.4) is 0 Å². The molecule has 0 spiro atoms. The van der Waals surface area contributed by atoms with Crippen LogP contribution in [0.4, 0.5) is 0 Å². The van der Waals surface area contributed by atoms with Crippen molar-refractivity contribution in [3.63, 3.8) is 0 Å². The molecular formula is C14H19N3.